The maximum absolute atomic E-state index is 8.61. The van der Waals surface area contributed by atoms with E-state index in [1.807, 2.05) is 30.5 Å². The first-order chi connectivity index (χ1) is 11.2. The summed E-state index contributed by atoms with van der Waals surface area (Å²) in [7, 11) is 0. The van der Waals surface area contributed by atoms with E-state index in [2.05, 4.69) is 33.6 Å². The fourth-order valence-electron chi connectivity index (χ4n) is 2.86. The summed E-state index contributed by atoms with van der Waals surface area (Å²) in [6.07, 6.45) is 3.42. The molecule has 0 bridgehead atoms. The Morgan fingerprint density at radius 1 is 1.09 bits per heavy atom. The van der Waals surface area contributed by atoms with E-state index in [4.69, 9.17) is 5.41 Å². The molecule has 6 heteroatoms. The summed E-state index contributed by atoms with van der Waals surface area (Å²) in [5.41, 5.74) is 4.46. The highest BCUT2D eigenvalue weighted by atomic mass is 32.1. The smallest absolute Gasteiger partial charge is 0.196 e. The average Bonchev–Trinajstić information content (AvgIpc) is 3.17. The lowest BCUT2D eigenvalue weighted by Crippen LogP contribution is -2.19. The lowest BCUT2D eigenvalue weighted by Gasteiger charge is -2.08. The minimum absolute atomic E-state index is 0.417. The van der Waals surface area contributed by atoms with E-state index in [0.717, 1.165) is 33.1 Å². The van der Waals surface area contributed by atoms with Crippen LogP contribution < -0.4 is 5.49 Å². The fraction of sp³-hybridized carbons (Fsp3) is 0.118. The number of nitrogens with one attached hydrogen (secondary N) is 1. The topological polar surface area (TPSA) is 59.5 Å². The van der Waals surface area contributed by atoms with Gasteiger partial charge in [0.15, 0.2) is 5.13 Å². The summed E-state index contributed by atoms with van der Waals surface area (Å²) in [6.45, 7) is 4.11. The molecule has 0 saturated carbocycles. The second-order valence-corrected chi connectivity index (χ2v) is 6.23. The van der Waals surface area contributed by atoms with Crippen molar-refractivity contribution in [3.63, 3.8) is 0 Å². The maximum atomic E-state index is 8.61. The van der Waals surface area contributed by atoms with Gasteiger partial charge in [-0.2, -0.15) is 0 Å². The summed E-state index contributed by atoms with van der Waals surface area (Å²) < 4.78 is 3.84. The second kappa shape index (κ2) is 5.17. The molecule has 0 radical (unpaired) electrons. The van der Waals surface area contributed by atoms with Gasteiger partial charge in [0.1, 0.15) is 17.5 Å². The highest BCUT2D eigenvalue weighted by Gasteiger charge is 2.17. The Morgan fingerprint density at radius 3 is 2.57 bits per heavy atom. The largest absolute Gasteiger partial charge is 0.298 e. The predicted molar refractivity (Wildman–Crippen MR) is 91.4 cm³/mol. The Kier molecular flexibility index (Phi) is 3.12. The van der Waals surface area contributed by atoms with Gasteiger partial charge >= 0.3 is 0 Å². The molecule has 0 aliphatic carbocycles. The standard InChI is InChI=1S/C17H15N5S/c1-11-12(2)22(13-6-4-3-5-7-13)16-14(11)15(18)21(10-20-16)17-19-8-9-23-17/h3-10,18H,1-2H3. The van der Waals surface area contributed by atoms with Crippen LogP contribution in [0.1, 0.15) is 11.3 Å². The monoisotopic (exact) mass is 321 g/mol. The van der Waals surface area contributed by atoms with Crippen LogP contribution in [0.25, 0.3) is 21.9 Å². The molecule has 0 fully saturated rings. The number of aromatic nitrogens is 4. The van der Waals surface area contributed by atoms with E-state index >= 15 is 0 Å². The molecule has 3 aromatic heterocycles. The average molecular weight is 321 g/mol. The summed E-state index contributed by atoms with van der Waals surface area (Å²) in [4.78, 5) is 8.91. The maximum Gasteiger partial charge on any atom is 0.196 e. The third-order valence-corrected chi connectivity index (χ3v) is 4.87. The number of nitrogens with zero attached hydrogens (tertiary/aromatic N) is 4. The SMILES string of the molecule is Cc1c(C)n(-c2ccccc2)c2ncn(-c3nccs3)c(=N)c12. The summed E-state index contributed by atoms with van der Waals surface area (Å²) >= 11 is 1.50. The molecule has 0 amide bonds. The minimum atomic E-state index is 0.417. The highest BCUT2D eigenvalue weighted by Crippen LogP contribution is 2.25. The molecule has 0 aliphatic rings. The van der Waals surface area contributed by atoms with Crippen LogP contribution in [0.2, 0.25) is 0 Å². The van der Waals surface area contributed by atoms with Crippen LogP contribution in [0.15, 0.2) is 48.2 Å². The zero-order valence-corrected chi connectivity index (χ0v) is 13.6. The van der Waals surface area contributed by atoms with Crippen molar-refractivity contribution < 1.29 is 0 Å². The molecule has 1 aromatic carbocycles. The van der Waals surface area contributed by atoms with Crippen molar-refractivity contribution in [2.45, 2.75) is 13.8 Å². The molecule has 0 spiro atoms. The van der Waals surface area contributed by atoms with Crippen molar-refractivity contribution in [2.24, 2.45) is 0 Å². The van der Waals surface area contributed by atoms with Gasteiger partial charge in [0.05, 0.1) is 5.39 Å². The van der Waals surface area contributed by atoms with E-state index in [9.17, 15) is 0 Å². The lowest BCUT2D eigenvalue weighted by molar-refractivity contribution is 0.892. The Bertz CT molecular complexity index is 1040. The quantitative estimate of drug-likeness (QED) is 0.615. The van der Waals surface area contributed by atoms with Gasteiger partial charge in [0, 0.05) is 23.0 Å². The summed E-state index contributed by atoms with van der Waals surface area (Å²) in [5, 5.41) is 12.1. The van der Waals surface area contributed by atoms with Gasteiger partial charge in [0.25, 0.3) is 0 Å². The summed E-state index contributed by atoms with van der Waals surface area (Å²) in [5.74, 6) is 0. The number of fused-ring (bicyclic) bond motifs is 1. The molecular formula is C17H15N5S. The van der Waals surface area contributed by atoms with Crippen LogP contribution >= 0.6 is 11.3 Å². The third kappa shape index (κ3) is 2.03. The number of hydrogen-bond donors (Lipinski definition) is 1. The first-order valence-corrected chi connectivity index (χ1v) is 8.15. The Hall–Kier alpha value is -2.73. The molecular weight excluding hydrogens is 306 g/mol. The molecule has 4 rings (SSSR count). The van der Waals surface area contributed by atoms with E-state index < -0.39 is 0 Å². The lowest BCUT2D eigenvalue weighted by atomic mass is 10.2. The van der Waals surface area contributed by atoms with Crippen LogP contribution in [-0.2, 0) is 0 Å². The van der Waals surface area contributed by atoms with Crippen LogP contribution in [0.5, 0.6) is 0 Å². The van der Waals surface area contributed by atoms with Crippen molar-refractivity contribution in [3.8, 4) is 10.8 Å². The van der Waals surface area contributed by atoms with Gasteiger partial charge < -0.3 is 0 Å². The Morgan fingerprint density at radius 2 is 1.87 bits per heavy atom. The molecule has 0 aliphatic heterocycles. The van der Waals surface area contributed by atoms with Gasteiger partial charge in [-0.3, -0.25) is 14.5 Å². The molecule has 1 N–H and O–H groups in total. The van der Waals surface area contributed by atoms with Gasteiger partial charge in [-0.15, -0.1) is 11.3 Å². The van der Waals surface area contributed by atoms with Crippen LogP contribution in [-0.4, -0.2) is 19.1 Å². The van der Waals surface area contributed by atoms with Crippen LogP contribution in [0.3, 0.4) is 0 Å². The number of thiazole rings is 1. The second-order valence-electron chi connectivity index (χ2n) is 5.36. The van der Waals surface area contributed by atoms with Crippen molar-refractivity contribution >= 4 is 22.4 Å². The predicted octanol–water partition coefficient (Wildman–Crippen LogP) is 3.37. The number of hydrogen-bond acceptors (Lipinski definition) is 4. The molecule has 114 valence electrons. The Labute approximate surface area is 137 Å². The fourth-order valence-corrected chi connectivity index (χ4v) is 3.47. The first-order valence-electron chi connectivity index (χ1n) is 7.27. The van der Waals surface area contributed by atoms with E-state index in [0.29, 0.717) is 5.49 Å². The van der Waals surface area contributed by atoms with Gasteiger partial charge in [-0.25, -0.2) is 9.97 Å². The highest BCUT2D eigenvalue weighted by molar-refractivity contribution is 7.12. The van der Waals surface area contributed by atoms with E-state index in [-0.39, 0.29) is 0 Å². The van der Waals surface area contributed by atoms with Crippen molar-refractivity contribution in [3.05, 3.63) is 65.0 Å². The molecule has 23 heavy (non-hydrogen) atoms. The van der Waals surface area contributed by atoms with Gasteiger partial charge in [-0.1, -0.05) is 18.2 Å². The number of rotatable bonds is 2. The minimum Gasteiger partial charge on any atom is -0.298 e. The van der Waals surface area contributed by atoms with Crippen molar-refractivity contribution in [1.82, 2.24) is 19.1 Å². The number of aryl methyl sites for hydroxylation is 1. The van der Waals surface area contributed by atoms with Crippen molar-refractivity contribution in [2.75, 3.05) is 0 Å². The van der Waals surface area contributed by atoms with Gasteiger partial charge in [0.2, 0.25) is 0 Å². The Balaban J connectivity index is 2.08. The van der Waals surface area contributed by atoms with Crippen molar-refractivity contribution in [1.29, 1.82) is 5.41 Å². The normalized spacial score (nSPS) is 11.2. The third-order valence-electron chi connectivity index (χ3n) is 4.10. The molecule has 3 heterocycles. The molecule has 0 unspecified atom stereocenters. The van der Waals surface area contributed by atoms with Gasteiger partial charge in [-0.05, 0) is 31.5 Å². The zero-order chi connectivity index (χ0) is 16.0. The zero-order valence-electron chi connectivity index (χ0n) is 12.8. The molecule has 0 saturated heterocycles. The molecule has 5 nitrogen and oxygen atoms in total. The van der Waals surface area contributed by atoms with E-state index in [1.165, 1.54) is 11.3 Å². The summed E-state index contributed by atoms with van der Waals surface area (Å²) in [6, 6.07) is 10.1. The van der Waals surface area contributed by atoms with E-state index in [1.54, 1.807) is 17.1 Å². The van der Waals surface area contributed by atoms with Crippen LogP contribution in [0.4, 0.5) is 0 Å². The number of benzene rings is 1. The molecule has 0 atom stereocenters. The van der Waals surface area contributed by atoms with Crippen LogP contribution in [0, 0.1) is 19.3 Å². The first kappa shape index (κ1) is 13.9. The number of para-hydroxylation sites is 1. The molecule has 4 aromatic rings.